The van der Waals surface area contributed by atoms with Gasteiger partial charge in [0.2, 0.25) is 0 Å². The van der Waals surface area contributed by atoms with E-state index in [1.54, 1.807) is 0 Å². The Balaban J connectivity index is 2.29. The summed E-state index contributed by atoms with van der Waals surface area (Å²) >= 11 is 11.0. The normalized spacial score (nSPS) is 14.1. The van der Waals surface area contributed by atoms with Crippen molar-refractivity contribution in [2.45, 2.75) is 31.0 Å². The van der Waals surface area contributed by atoms with Gasteiger partial charge in [-0.05, 0) is 47.2 Å². The number of benzene rings is 2. The monoisotopic (exact) mass is 458 g/mol. The summed E-state index contributed by atoms with van der Waals surface area (Å²) < 4.78 is 2.21. The van der Waals surface area contributed by atoms with Gasteiger partial charge in [0.05, 0.1) is 4.83 Å². The lowest BCUT2D eigenvalue weighted by Gasteiger charge is -2.15. The Morgan fingerprint density at radius 3 is 2.15 bits per heavy atom. The number of hydrogen-bond donors (Lipinski definition) is 0. The van der Waals surface area contributed by atoms with E-state index in [9.17, 15) is 0 Å². The van der Waals surface area contributed by atoms with Crippen molar-refractivity contribution >= 4 is 47.8 Å². The van der Waals surface area contributed by atoms with Crippen molar-refractivity contribution < 1.29 is 0 Å². The second-order valence-electron chi connectivity index (χ2n) is 5.00. The maximum Gasteiger partial charge on any atom is 0.0656 e. The number of hydrogen-bond acceptors (Lipinski definition) is 0. The molecule has 0 fully saturated rings. The first-order valence-electron chi connectivity index (χ1n) is 6.71. The Bertz CT molecular complexity index is 575. The summed E-state index contributed by atoms with van der Waals surface area (Å²) in [4.78, 5) is 0.195. The molecule has 106 valence electrons. The van der Waals surface area contributed by atoms with Gasteiger partial charge in [0.25, 0.3) is 0 Å². The van der Waals surface area contributed by atoms with Crippen molar-refractivity contribution in [3.05, 3.63) is 68.1 Å². The first kappa shape index (κ1) is 16.3. The van der Waals surface area contributed by atoms with E-state index >= 15 is 0 Å². The van der Waals surface area contributed by atoms with Crippen LogP contribution in [0.15, 0.2) is 51.4 Å². The lowest BCUT2D eigenvalue weighted by molar-refractivity contribution is 0.733. The van der Waals surface area contributed by atoms with E-state index in [2.05, 4.69) is 98.0 Å². The molecule has 2 aromatic rings. The number of halogens is 3. The van der Waals surface area contributed by atoms with E-state index in [1.807, 2.05) is 6.07 Å². The third-order valence-electron chi connectivity index (χ3n) is 3.64. The molecule has 0 aliphatic heterocycles. The van der Waals surface area contributed by atoms with E-state index in [1.165, 1.54) is 23.1 Å². The molecule has 2 unspecified atom stereocenters. The van der Waals surface area contributed by atoms with Crippen LogP contribution in [-0.4, -0.2) is 0 Å². The fraction of sp³-hybridized carbons (Fsp3) is 0.294. The van der Waals surface area contributed by atoms with E-state index in [0.29, 0.717) is 5.92 Å². The van der Waals surface area contributed by atoms with Gasteiger partial charge >= 0.3 is 0 Å². The summed E-state index contributed by atoms with van der Waals surface area (Å²) in [6, 6.07) is 15.2. The minimum Gasteiger partial charge on any atom is -0.0786 e. The summed E-state index contributed by atoms with van der Waals surface area (Å²) in [7, 11) is 0. The van der Waals surface area contributed by atoms with Gasteiger partial charge in [0, 0.05) is 8.95 Å². The van der Waals surface area contributed by atoms with E-state index < -0.39 is 0 Å². The van der Waals surface area contributed by atoms with Gasteiger partial charge in [-0.1, -0.05) is 85.9 Å². The van der Waals surface area contributed by atoms with Crippen LogP contribution in [0.2, 0.25) is 0 Å². The van der Waals surface area contributed by atoms with Gasteiger partial charge < -0.3 is 0 Å². The lowest BCUT2D eigenvalue weighted by Crippen LogP contribution is -1.96. The average Bonchev–Trinajstić information content (AvgIpc) is 2.48. The Morgan fingerprint density at radius 2 is 1.55 bits per heavy atom. The Kier molecular flexibility index (Phi) is 5.88. The van der Waals surface area contributed by atoms with Gasteiger partial charge in [-0.15, -0.1) is 0 Å². The largest absolute Gasteiger partial charge is 0.0786 e. The van der Waals surface area contributed by atoms with Gasteiger partial charge in [-0.3, -0.25) is 0 Å². The fourth-order valence-corrected chi connectivity index (χ4v) is 3.96. The molecule has 0 radical (unpaired) electrons. The van der Waals surface area contributed by atoms with Crippen LogP contribution in [0.1, 0.15) is 47.7 Å². The lowest BCUT2D eigenvalue weighted by atomic mass is 9.96. The molecule has 2 atom stereocenters. The third-order valence-corrected chi connectivity index (χ3v) is 5.88. The van der Waals surface area contributed by atoms with Crippen LogP contribution >= 0.6 is 47.8 Å². The van der Waals surface area contributed by atoms with Gasteiger partial charge in [0.1, 0.15) is 0 Å². The molecular formula is C17H17Br3. The first-order valence-corrected chi connectivity index (χ1v) is 9.22. The molecule has 0 aliphatic rings. The summed E-state index contributed by atoms with van der Waals surface area (Å²) in [6.45, 7) is 4.50. The van der Waals surface area contributed by atoms with Crippen LogP contribution in [0.3, 0.4) is 0 Å². The molecule has 0 spiro atoms. The van der Waals surface area contributed by atoms with Crippen LogP contribution in [0.25, 0.3) is 0 Å². The van der Waals surface area contributed by atoms with Crippen molar-refractivity contribution in [2.24, 2.45) is 0 Å². The molecule has 0 saturated heterocycles. The maximum atomic E-state index is 3.81. The Hall–Kier alpha value is -0.120. The van der Waals surface area contributed by atoms with E-state index in [0.717, 1.165) is 8.95 Å². The Morgan fingerprint density at radius 1 is 0.950 bits per heavy atom. The second-order valence-corrected chi connectivity index (χ2v) is 7.69. The quantitative estimate of drug-likeness (QED) is 0.423. The highest BCUT2D eigenvalue weighted by molar-refractivity contribution is 9.11. The molecule has 0 aliphatic carbocycles. The molecule has 2 aromatic carbocycles. The second kappa shape index (κ2) is 7.24. The topological polar surface area (TPSA) is 0 Å². The van der Waals surface area contributed by atoms with Crippen LogP contribution in [0.5, 0.6) is 0 Å². The molecule has 0 N–H and O–H groups in total. The van der Waals surface area contributed by atoms with Crippen LogP contribution in [0.4, 0.5) is 0 Å². The highest BCUT2D eigenvalue weighted by atomic mass is 79.9. The standard InChI is InChI=1S/C17H17Br3/c1-3-11(2)12-4-6-13(7-5-12)17(20)15-10-14(18)8-9-16(15)19/h4-11,17H,3H2,1-2H3. The first-order chi connectivity index (χ1) is 9.52. The van der Waals surface area contributed by atoms with Gasteiger partial charge in [0.15, 0.2) is 0 Å². The van der Waals surface area contributed by atoms with E-state index in [4.69, 9.17) is 0 Å². The highest BCUT2D eigenvalue weighted by Crippen LogP contribution is 2.37. The van der Waals surface area contributed by atoms with Crippen molar-refractivity contribution in [2.75, 3.05) is 0 Å². The molecular weight excluding hydrogens is 444 g/mol. The molecule has 3 heteroatoms. The molecule has 20 heavy (non-hydrogen) atoms. The zero-order valence-electron chi connectivity index (χ0n) is 11.5. The van der Waals surface area contributed by atoms with Gasteiger partial charge in [-0.2, -0.15) is 0 Å². The predicted molar refractivity (Wildman–Crippen MR) is 97.8 cm³/mol. The molecule has 2 rings (SSSR count). The molecule has 0 saturated carbocycles. The Labute approximate surface area is 146 Å². The minimum atomic E-state index is 0.195. The molecule has 0 amide bonds. The smallest absolute Gasteiger partial charge is 0.0656 e. The maximum absolute atomic E-state index is 3.81. The highest BCUT2D eigenvalue weighted by Gasteiger charge is 2.14. The molecule has 0 bridgehead atoms. The van der Waals surface area contributed by atoms with Crippen molar-refractivity contribution in [1.29, 1.82) is 0 Å². The SMILES string of the molecule is CCC(C)c1ccc(C(Br)c2cc(Br)ccc2Br)cc1. The minimum absolute atomic E-state index is 0.195. The van der Waals surface area contributed by atoms with Crippen molar-refractivity contribution in [3.63, 3.8) is 0 Å². The molecule has 0 heterocycles. The van der Waals surface area contributed by atoms with Crippen molar-refractivity contribution in [1.82, 2.24) is 0 Å². The fourth-order valence-electron chi connectivity index (χ4n) is 2.12. The molecule has 0 nitrogen and oxygen atoms in total. The summed E-state index contributed by atoms with van der Waals surface area (Å²) in [6.07, 6.45) is 1.17. The third kappa shape index (κ3) is 3.75. The summed E-state index contributed by atoms with van der Waals surface area (Å²) in [5.41, 5.74) is 3.91. The van der Waals surface area contributed by atoms with Crippen LogP contribution in [-0.2, 0) is 0 Å². The number of rotatable bonds is 4. The van der Waals surface area contributed by atoms with E-state index in [-0.39, 0.29) is 4.83 Å². The van der Waals surface area contributed by atoms with Crippen molar-refractivity contribution in [3.8, 4) is 0 Å². The summed E-state index contributed by atoms with van der Waals surface area (Å²) in [5, 5.41) is 0. The average molecular weight is 461 g/mol. The number of alkyl halides is 1. The molecule has 0 aromatic heterocycles. The van der Waals surface area contributed by atoms with Gasteiger partial charge in [-0.25, -0.2) is 0 Å². The summed E-state index contributed by atoms with van der Waals surface area (Å²) in [5.74, 6) is 0.621. The zero-order valence-corrected chi connectivity index (χ0v) is 16.3. The van der Waals surface area contributed by atoms with Crippen LogP contribution < -0.4 is 0 Å². The predicted octanol–water partition coefficient (Wildman–Crippen LogP) is 7.21. The van der Waals surface area contributed by atoms with Crippen LogP contribution in [0, 0.1) is 0 Å². The zero-order chi connectivity index (χ0) is 14.7.